The van der Waals surface area contributed by atoms with Crippen molar-refractivity contribution in [1.29, 1.82) is 0 Å². The number of alkyl halides is 1. The lowest BCUT2D eigenvalue weighted by atomic mass is 10.2. The van der Waals surface area contributed by atoms with Gasteiger partial charge in [0.05, 0.1) is 10.5 Å². The molecular weight excluding hydrogens is 287 g/mol. The number of primary amides is 1. The van der Waals surface area contributed by atoms with E-state index in [1.807, 2.05) is 0 Å². The van der Waals surface area contributed by atoms with Crippen LogP contribution in [-0.2, 0) is 14.6 Å². The third-order valence-corrected chi connectivity index (χ3v) is 4.00. The molecule has 20 heavy (non-hydrogen) atoms. The van der Waals surface area contributed by atoms with Crippen molar-refractivity contribution in [2.24, 2.45) is 5.73 Å². The number of carbonyl (C=O) groups excluding carboxylic acids is 1. The zero-order valence-corrected chi connectivity index (χ0v) is 11.1. The molecule has 0 fully saturated rings. The van der Waals surface area contributed by atoms with Crippen LogP contribution in [0.15, 0.2) is 40.9 Å². The Morgan fingerprint density at radius 2 is 2.00 bits per heavy atom. The number of benzene rings is 1. The Morgan fingerprint density at radius 3 is 2.55 bits per heavy atom. The number of rotatable bonds is 5. The topological polar surface area (TPSA) is 113 Å². The molecule has 9 heteroatoms. The second-order valence-electron chi connectivity index (χ2n) is 4.08. The normalized spacial score (nSPS) is 18.2. The number of nitrogens with one attached hydrogen (secondary N) is 3. The summed E-state index contributed by atoms with van der Waals surface area (Å²) in [5.74, 6) is -0.586. The lowest BCUT2D eigenvalue weighted by molar-refractivity contribution is -0.114. The summed E-state index contributed by atoms with van der Waals surface area (Å²) in [6, 6.07) is 4.07. The third-order valence-electron chi connectivity index (χ3n) is 2.72. The van der Waals surface area contributed by atoms with E-state index in [0.717, 1.165) is 0 Å². The van der Waals surface area contributed by atoms with Gasteiger partial charge in [0.25, 0.3) is 0 Å². The highest BCUT2D eigenvalue weighted by Gasteiger charge is 2.23. The number of anilines is 1. The minimum absolute atomic E-state index is 0.103. The van der Waals surface area contributed by atoms with Crippen LogP contribution < -0.4 is 21.9 Å². The molecule has 1 aromatic rings. The number of amides is 1. The Hall–Kier alpha value is -2.13. The monoisotopic (exact) mass is 300 g/mol. The van der Waals surface area contributed by atoms with Gasteiger partial charge >= 0.3 is 0 Å². The molecule has 1 amide bonds. The maximum absolute atomic E-state index is 12.3. The highest BCUT2D eigenvalue weighted by Crippen LogP contribution is 2.17. The first-order chi connectivity index (χ1) is 9.44. The van der Waals surface area contributed by atoms with E-state index in [0.29, 0.717) is 11.3 Å². The molecule has 0 radical (unpaired) electrons. The number of carbonyl (C=O) groups is 1. The standard InChI is InChI=1S/C11H13FN4O3S/c12-6-20(18,19)8-3-1-7(2-4-8)15-11-9(10(13)17)5-14-16-11/h1-5,11,14-16H,6H2,(H2,13,17). The molecule has 0 saturated carbocycles. The number of hydrazine groups is 1. The Labute approximate surface area is 114 Å². The quantitative estimate of drug-likeness (QED) is 0.588. The second-order valence-corrected chi connectivity index (χ2v) is 6.00. The molecule has 1 aromatic carbocycles. The van der Waals surface area contributed by atoms with Crippen LogP contribution in [0.1, 0.15) is 0 Å². The van der Waals surface area contributed by atoms with Gasteiger partial charge in [-0.05, 0) is 24.3 Å². The Balaban J connectivity index is 2.12. The van der Waals surface area contributed by atoms with Crippen molar-refractivity contribution in [2.75, 3.05) is 11.3 Å². The molecule has 1 heterocycles. The maximum Gasteiger partial charge on any atom is 0.249 e. The molecule has 0 spiro atoms. The molecule has 1 aliphatic rings. The van der Waals surface area contributed by atoms with Gasteiger partial charge in [0.2, 0.25) is 15.7 Å². The fraction of sp³-hybridized carbons (Fsp3) is 0.182. The average molecular weight is 300 g/mol. The highest BCUT2D eigenvalue weighted by atomic mass is 32.2. The summed E-state index contributed by atoms with van der Waals surface area (Å²) < 4.78 is 35.0. The Morgan fingerprint density at radius 1 is 1.35 bits per heavy atom. The van der Waals surface area contributed by atoms with Crippen LogP contribution in [0.25, 0.3) is 0 Å². The molecular formula is C11H13FN4O3S. The summed E-state index contributed by atoms with van der Waals surface area (Å²) in [6.07, 6.45) is 0.901. The first-order valence-corrected chi connectivity index (χ1v) is 7.25. The van der Waals surface area contributed by atoms with Crippen LogP contribution in [0.4, 0.5) is 10.1 Å². The predicted molar refractivity (Wildman–Crippen MR) is 70.6 cm³/mol. The van der Waals surface area contributed by atoms with E-state index in [1.54, 1.807) is 0 Å². The summed E-state index contributed by atoms with van der Waals surface area (Å²) >= 11 is 0. The van der Waals surface area contributed by atoms with Crippen LogP contribution in [0, 0.1) is 0 Å². The molecule has 7 nitrogen and oxygen atoms in total. The van der Waals surface area contributed by atoms with Gasteiger partial charge in [-0.15, -0.1) is 0 Å². The summed E-state index contributed by atoms with van der Waals surface area (Å²) in [6.45, 7) is 0. The van der Waals surface area contributed by atoms with Crippen molar-refractivity contribution < 1.29 is 17.6 Å². The summed E-state index contributed by atoms with van der Waals surface area (Å²) in [7, 11) is -3.87. The minimum Gasteiger partial charge on any atom is -0.366 e. The van der Waals surface area contributed by atoms with Crippen molar-refractivity contribution in [2.45, 2.75) is 11.1 Å². The van der Waals surface area contributed by atoms with E-state index in [1.165, 1.54) is 30.5 Å². The molecule has 0 saturated heterocycles. The van der Waals surface area contributed by atoms with Crippen LogP contribution in [0.2, 0.25) is 0 Å². The molecule has 5 N–H and O–H groups in total. The third kappa shape index (κ3) is 2.89. The molecule has 0 bridgehead atoms. The smallest absolute Gasteiger partial charge is 0.249 e. The van der Waals surface area contributed by atoms with E-state index >= 15 is 0 Å². The number of hydrogen-bond donors (Lipinski definition) is 4. The number of halogens is 1. The van der Waals surface area contributed by atoms with Gasteiger partial charge in [0.1, 0.15) is 6.17 Å². The van der Waals surface area contributed by atoms with Crippen molar-refractivity contribution in [3.63, 3.8) is 0 Å². The number of sulfone groups is 1. The Kier molecular flexibility index (Phi) is 3.91. The van der Waals surface area contributed by atoms with E-state index in [9.17, 15) is 17.6 Å². The SMILES string of the molecule is NC(=O)C1=CNNC1Nc1ccc(S(=O)(=O)CF)cc1. The zero-order chi connectivity index (χ0) is 14.8. The fourth-order valence-corrected chi connectivity index (χ4v) is 2.36. The van der Waals surface area contributed by atoms with Gasteiger partial charge in [0, 0.05) is 11.9 Å². The zero-order valence-electron chi connectivity index (χ0n) is 10.3. The maximum atomic E-state index is 12.3. The Bertz CT molecular complexity index is 642. The van der Waals surface area contributed by atoms with Gasteiger partial charge in [-0.1, -0.05) is 0 Å². The van der Waals surface area contributed by atoms with Gasteiger partial charge in [0.15, 0.2) is 6.01 Å². The predicted octanol–water partition coefficient (Wildman–Crippen LogP) is -0.398. The van der Waals surface area contributed by atoms with Gasteiger partial charge < -0.3 is 16.5 Å². The van der Waals surface area contributed by atoms with E-state index in [4.69, 9.17) is 5.73 Å². The molecule has 108 valence electrons. The van der Waals surface area contributed by atoms with Crippen molar-refractivity contribution in [3.8, 4) is 0 Å². The van der Waals surface area contributed by atoms with Crippen molar-refractivity contribution >= 4 is 21.4 Å². The lowest BCUT2D eigenvalue weighted by Crippen LogP contribution is -2.40. The van der Waals surface area contributed by atoms with E-state index < -0.39 is 27.9 Å². The highest BCUT2D eigenvalue weighted by molar-refractivity contribution is 7.91. The summed E-state index contributed by atoms with van der Waals surface area (Å²) in [5, 5.41) is 2.94. The molecule has 1 atom stereocenters. The van der Waals surface area contributed by atoms with Gasteiger partial charge in [-0.25, -0.2) is 18.2 Å². The van der Waals surface area contributed by atoms with Gasteiger partial charge in [-0.3, -0.25) is 4.79 Å². The largest absolute Gasteiger partial charge is 0.366 e. The molecule has 1 aliphatic heterocycles. The van der Waals surface area contributed by atoms with Crippen molar-refractivity contribution in [1.82, 2.24) is 10.9 Å². The summed E-state index contributed by atoms with van der Waals surface area (Å²) in [5.41, 5.74) is 11.5. The molecule has 2 rings (SSSR count). The molecule has 1 unspecified atom stereocenters. The first-order valence-electron chi connectivity index (χ1n) is 5.60. The molecule has 0 aromatic heterocycles. The minimum atomic E-state index is -3.87. The average Bonchev–Trinajstić information content (AvgIpc) is 2.88. The summed E-state index contributed by atoms with van der Waals surface area (Å²) in [4.78, 5) is 11.0. The second kappa shape index (κ2) is 5.47. The van der Waals surface area contributed by atoms with E-state index in [2.05, 4.69) is 16.2 Å². The van der Waals surface area contributed by atoms with Crippen LogP contribution in [-0.4, -0.2) is 26.5 Å². The molecule has 0 aliphatic carbocycles. The fourth-order valence-electron chi connectivity index (χ4n) is 1.68. The number of hydrogen-bond acceptors (Lipinski definition) is 6. The van der Waals surface area contributed by atoms with Crippen molar-refractivity contribution in [3.05, 3.63) is 36.0 Å². The van der Waals surface area contributed by atoms with Crippen LogP contribution in [0.5, 0.6) is 0 Å². The van der Waals surface area contributed by atoms with Gasteiger partial charge in [-0.2, -0.15) is 0 Å². The van der Waals surface area contributed by atoms with Crippen LogP contribution in [0.3, 0.4) is 0 Å². The first kappa shape index (κ1) is 14.3. The van der Waals surface area contributed by atoms with E-state index in [-0.39, 0.29) is 4.90 Å². The number of nitrogens with two attached hydrogens (primary N) is 1. The van der Waals surface area contributed by atoms with Crippen LogP contribution >= 0.6 is 0 Å². The lowest BCUT2D eigenvalue weighted by Gasteiger charge is -2.16.